The monoisotopic (exact) mass is 403 g/mol. The van der Waals surface area contributed by atoms with Crippen LogP contribution in [0, 0.1) is 11.7 Å². The number of hydrogen-bond acceptors (Lipinski definition) is 6. The number of rotatable bonds is 7. The molecule has 29 heavy (non-hydrogen) atoms. The Morgan fingerprint density at radius 2 is 2.07 bits per heavy atom. The second-order valence-corrected chi connectivity index (χ2v) is 7.55. The van der Waals surface area contributed by atoms with Gasteiger partial charge in [0.05, 0.1) is 25.2 Å². The second kappa shape index (κ2) is 7.94. The van der Waals surface area contributed by atoms with Crippen LogP contribution in [0.5, 0.6) is 0 Å². The van der Waals surface area contributed by atoms with Crippen LogP contribution in [0.3, 0.4) is 0 Å². The summed E-state index contributed by atoms with van der Waals surface area (Å²) in [6.45, 7) is 0. The number of carboxylic acids is 1. The smallest absolute Gasteiger partial charge is 0.357 e. The highest BCUT2D eigenvalue weighted by Crippen LogP contribution is 2.50. The summed E-state index contributed by atoms with van der Waals surface area (Å²) in [4.78, 5) is 26.8. The molecule has 4 rings (SSSR count). The summed E-state index contributed by atoms with van der Waals surface area (Å²) < 4.78 is 30.2. The molecule has 2 aromatic rings. The summed E-state index contributed by atoms with van der Waals surface area (Å²) in [5, 5.41) is 9.13. The minimum atomic E-state index is -1.14. The van der Waals surface area contributed by atoms with Crippen LogP contribution < -0.4 is 0 Å². The van der Waals surface area contributed by atoms with Gasteiger partial charge in [-0.2, -0.15) is 0 Å². The van der Waals surface area contributed by atoms with Crippen molar-refractivity contribution in [3.8, 4) is 0 Å². The highest BCUT2D eigenvalue weighted by atomic mass is 19.1. The normalized spacial score (nSPS) is 25.3. The Balaban J connectivity index is 1.59. The van der Waals surface area contributed by atoms with E-state index < -0.39 is 5.97 Å². The molecule has 0 spiro atoms. The van der Waals surface area contributed by atoms with Crippen molar-refractivity contribution in [1.82, 2.24) is 4.98 Å². The Kier molecular flexibility index (Phi) is 5.36. The molecule has 0 unspecified atom stereocenters. The molecule has 2 fully saturated rings. The van der Waals surface area contributed by atoms with Gasteiger partial charge in [0, 0.05) is 12.3 Å². The van der Waals surface area contributed by atoms with Crippen molar-refractivity contribution < 1.29 is 33.0 Å². The van der Waals surface area contributed by atoms with Crippen LogP contribution in [0.2, 0.25) is 0 Å². The lowest BCUT2D eigenvalue weighted by Crippen LogP contribution is -2.28. The standard InChI is InChI=1S/C21H22FNO6/c1-27-18(24)7-3-11-2-4-13(22)8-12(11)9-14-16-5-6-17(29-16)19(14)20-23-15(10-28-20)21(25)26/h2,4,8,10,14,16-17,19H,3,5-7,9H2,1H3,(H,25,26)/t14-,16+,17+,19-/m0/s1. The zero-order valence-electron chi connectivity index (χ0n) is 16.0. The predicted molar refractivity (Wildman–Crippen MR) is 98.0 cm³/mol. The number of aromatic nitrogens is 1. The third-order valence-corrected chi connectivity index (χ3v) is 5.90. The Morgan fingerprint density at radius 1 is 1.28 bits per heavy atom. The van der Waals surface area contributed by atoms with E-state index in [-0.39, 0.29) is 47.9 Å². The number of halogens is 1. The molecule has 1 aromatic carbocycles. The van der Waals surface area contributed by atoms with Crippen LogP contribution in [0.4, 0.5) is 4.39 Å². The number of fused-ring (bicyclic) bond motifs is 2. The molecule has 154 valence electrons. The molecular formula is C21H22FNO6. The van der Waals surface area contributed by atoms with Gasteiger partial charge in [-0.3, -0.25) is 4.79 Å². The first-order chi connectivity index (χ1) is 14.0. The Labute approximate surface area is 166 Å². The molecule has 2 aliphatic rings. The minimum Gasteiger partial charge on any atom is -0.476 e. The number of esters is 1. The number of hydrogen-bond donors (Lipinski definition) is 1. The van der Waals surface area contributed by atoms with Crippen molar-refractivity contribution in [2.24, 2.45) is 5.92 Å². The van der Waals surface area contributed by atoms with Gasteiger partial charge in [-0.05, 0) is 48.9 Å². The highest BCUT2D eigenvalue weighted by Gasteiger charge is 2.51. The predicted octanol–water partition coefficient (Wildman–Crippen LogP) is 3.12. The SMILES string of the molecule is COC(=O)CCc1ccc(F)cc1C[C@@H]1[C@H](c2nc(C(=O)O)co2)[C@H]2CC[C@H]1O2. The van der Waals surface area contributed by atoms with Gasteiger partial charge in [-0.1, -0.05) is 6.07 Å². The summed E-state index contributed by atoms with van der Waals surface area (Å²) in [7, 11) is 1.34. The van der Waals surface area contributed by atoms with Gasteiger partial charge in [0.15, 0.2) is 5.69 Å². The lowest BCUT2D eigenvalue weighted by atomic mass is 9.75. The summed E-state index contributed by atoms with van der Waals surface area (Å²) in [6, 6.07) is 4.58. The minimum absolute atomic E-state index is 0.00674. The largest absolute Gasteiger partial charge is 0.476 e. The van der Waals surface area contributed by atoms with E-state index in [0.717, 1.165) is 30.2 Å². The number of carbonyl (C=O) groups excluding carboxylic acids is 1. The average molecular weight is 403 g/mol. The molecule has 2 aliphatic heterocycles. The summed E-state index contributed by atoms with van der Waals surface area (Å²) in [5.41, 5.74) is 1.56. The van der Waals surface area contributed by atoms with E-state index >= 15 is 0 Å². The lowest BCUT2D eigenvalue weighted by molar-refractivity contribution is -0.140. The third kappa shape index (κ3) is 3.89. The molecule has 2 bridgehead atoms. The maximum Gasteiger partial charge on any atom is 0.357 e. The van der Waals surface area contributed by atoms with Crippen LogP contribution in [0.1, 0.15) is 52.7 Å². The summed E-state index contributed by atoms with van der Waals surface area (Å²) >= 11 is 0. The third-order valence-electron chi connectivity index (χ3n) is 5.90. The fourth-order valence-corrected chi connectivity index (χ4v) is 4.54. The number of carboxylic acid groups (broad SMARTS) is 1. The number of carbonyl (C=O) groups is 2. The zero-order chi connectivity index (χ0) is 20.5. The lowest BCUT2D eigenvalue weighted by Gasteiger charge is -2.26. The number of benzene rings is 1. The first-order valence-corrected chi connectivity index (χ1v) is 9.64. The van der Waals surface area contributed by atoms with Crippen molar-refractivity contribution in [3.05, 3.63) is 53.0 Å². The molecule has 4 atom stereocenters. The molecule has 1 aromatic heterocycles. The Bertz CT molecular complexity index is 926. The van der Waals surface area contributed by atoms with E-state index in [9.17, 15) is 14.0 Å². The number of nitrogens with zero attached hydrogens (tertiary/aromatic N) is 1. The quantitative estimate of drug-likeness (QED) is 0.709. The van der Waals surface area contributed by atoms with Crippen LogP contribution in [-0.4, -0.2) is 41.3 Å². The van der Waals surface area contributed by atoms with Crippen molar-refractivity contribution in [1.29, 1.82) is 0 Å². The van der Waals surface area contributed by atoms with Gasteiger partial charge in [0.1, 0.15) is 12.1 Å². The molecule has 3 heterocycles. The number of methoxy groups -OCH3 is 1. The maximum atomic E-state index is 14.0. The molecule has 0 radical (unpaired) electrons. The molecule has 7 nitrogen and oxygen atoms in total. The molecule has 2 saturated heterocycles. The van der Waals surface area contributed by atoms with Crippen LogP contribution in [0.25, 0.3) is 0 Å². The van der Waals surface area contributed by atoms with Gasteiger partial charge >= 0.3 is 11.9 Å². The van der Waals surface area contributed by atoms with E-state index in [4.69, 9.17) is 19.0 Å². The van der Waals surface area contributed by atoms with Crippen LogP contribution in [-0.2, 0) is 27.1 Å². The topological polar surface area (TPSA) is 98.9 Å². The van der Waals surface area contributed by atoms with E-state index in [1.165, 1.54) is 19.2 Å². The average Bonchev–Trinajstić information content (AvgIpc) is 3.43. The van der Waals surface area contributed by atoms with Gasteiger partial charge in [-0.25, -0.2) is 14.2 Å². The molecule has 0 amide bonds. The van der Waals surface area contributed by atoms with Crippen molar-refractivity contribution in [3.63, 3.8) is 0 Å². The molecule has 0 aliphatic carbocycles. The van der Waals surface area contributed by atoms with Gasteiger partial charge in [0.25, 0.3) is 0 Å². The Hall–Kier alpha value is -2.74. The van der Waals surface area contributed by atoms with E-state index in [1.54, 1.807) is 6.07 Å². The highest BCUT2D eigenvalue weighted by molar-refractivity contribution is 5.84. The van der Waals surface area contributed by atoms with Crippen LogP contribution >= 0.6 is 0 Å². The summed E-state index contributed by atoms with van der Waals surface area (Å²) in [5.74, 6) is -1.64. The number of aryl methyl sites for hydroxylation is 1. The first kappa shape index (κ1) is 19.6. The van der Waals surface area contributed by atoms with Gasteiger partial charge < -0.3 is 19.0 Å². The van der Waals surface area contributed by atoms with Gasteiger partial charge in [0.2, 0.25) is 5.89 Å². The Morgan fingerprint density at radius 3 is 2.79 bits per heavy atom. The molecule has 0 saturated carbocycles. The number of aromatic carboxylic acids is 1. The molecule has 8 heteroatoms. The zero-order valence-corrected chi connectivity index (χ0v) is 16.0. The second-order valence-electron chi connectivity index (χ2n) is 7.55. The van der Waals surface area contributed by atoms with E-state index in [0.29, 0.717) is 18.7 Å². The first-order valence-electron chi connectivity index (χ1n) is 9.64. The van der Waals surface area contributed by atoms with Crippen molar-refractivity contribution >= 4 is 11.9 Å². The number of ether oxygens (including phenoxy) is 2. The van der Waals surface area contributed by atoms with Gasteiger partial charge in [-0.15, -0.1) is 0 Å². The molecular weight excluding hydrogens is 381 g/mol. The fraction of sp³-hybridized carbons (Fsp3) is 0.476. The van der Waals surface area contributed by atoms with Crippen molar-refractivity contribution in [2.75, 3.05) is 7.11 Å². The molecule has 1 N–H and O–H groups in total. The van der Waals surface area contributed by atoms with Crippen LogP contribution in [0.15, 0.2) is 28.9 Å². The van der Waals surface area contributed by atoms with E-state index in [2.05, 4.69) is 4.98 Å². The maximum absolute atomic E-state index is 14.0. The number of oxazole rings is 1. The fourth-order valence-electron chi connectivity index (χ4n) is 4.54. The van der Waals surface area contributed by atoms with E-state index in [1.807, 2.05) is 0 Å². The van der Waals surface area contributed by atoms with Crippen molar-refractivity contribution in [2.45, 2.75) is 50.2 Å². The summed E-state index contributed by atoms with van der Waals surface area (Å²) in [6.07, 6.45) is 4.00.